The van der Waals surface area contributed by atoms with E-state index in [0.717, 1.165) is 60.1 Å². The Hall–Kier alpha value is -2.08. The van der Waals surface area contributed by atoms with E-state index in [4.69, 9.17) is 0 Å². The first-order valence-electron chi connectivity index (χ1n) is 8.88. The molecule has 0 fully saturated rings. The van der Waals surface area contributed by atoms with Gasteiger partial charge in [0.1, 0.15) is 0 Å². The Kier molecular flexibility index (Phi) is 3.48. The molecule has 3 heterocycles. The van der Waals surface area contributed by atoms with Gasteiger partial charge in [-0.1, -0.05) is 30.0 Å². The summed E-state index contributed by atoms with van der Waals surface area (Å²) in [5, 5.41) is 0.797. The SMILES string of the molecule is O=C(C[C@@H]1CSc2nc3c(c(=O)n21)CCC3)N1CCc2ccccc21. The third kappa shape index (κ3) is 2.34. The van der Waals surface area contributed by atoms with Gasteiger partial charge < -0.3 is 4.90 Å². The van der Waals surface area contributed by atoms with Crippen LogP contribution in [0.25, 0.3) is 0 Å². The van der Waals surface area contributed by atoms with Crippen molar-refractivity contribution in [3.05, 3.63) is 51.4 Å². The Morgan fingerprint density at radius 1 is 1.24 bits per heavy atom. The topological polar surface area (TPSA) is 55.2 Å². The highest BCUT2D eigenvalue weighted by atomic mass is 32.2. The molecule has 5 nitrogen and oxygen atoms in total. The lowest BCUT2D eigenvalue weighted by Crippen LogP contribution is -2.34. The Morgan fingerprint density at radius 3 is 3.04 bits per heavy atom. The Morgan fingerprint density at radius 2 is 2.12 bits per heavy atom. The molecule has 2 aromatic rings. The van der Waals surface area contributed by atoms with E-state index in [-0.39, 0.29) is 17.5 Å². The minimum Gasteiger partial charge on any atom is -0.312 e. The van der Waals surface area contributed by atoms with Crippen molar-refractivity contribution in [1.82, 2.24) is 9.55 Å². The minimum atomic E-state index is -0.0776. The standard InChI is InChI=1S/C19H19N3O2S/c23-17(21-9-8-12-4-1-2-7-16(12)21)10-13-11-25-19-20-15-6-3-5-14(15)18(24)22(13)19/h1-2,4,7,13H,3,5-6,8-11H2/t13-/m1/s1. The van der Waals surface area contributed by atoms with E-state index in [1.807, 2.05) is 23.1 Å². The molecule has 1 aromatic heterocycles. The van der Waals surface area contributed by atoms with Crippen LogP contribution in [0.3, 0.4) is 0 Å². The fraction of sp³-hybridized carbons (Fsp3) is 0.421. The maximum atomic E-state index is 12.9. The third-order valence-corrected chi connectivity index (χ3v) is 6.57. The van der Waals surface area contributed by atoms with E-state index in [2.05, 4.69) is 11.1 Å². The average Bonchev–Trinajstić information content (AvgIpc) is 3.33. The summed E-state index contributed by atoms with van der Waals surface area (Å²) < 4.78 is 1.79. The molecule has 0 saturated carbocycles. The zero-order chi connectivity index (χ0) is 17.0. The van der Waals surface area contributed by atoms with Gasteiger partial charge in [-0.25, -0.2) is 4.98 Å². The highest BCUT2D eigenvalue weighted by molar-refractivity contribution is 7.99. The summed E-state index contributed by atoms with van der Waals surface area (Å²) in [5.74, 6) is 0.864. The number of benzene rings is 1. The Labute approximate surface area is 150 Å². The number of thioether (sulfide) groups is 1. The van der Waals surface area contributed by atoms with E-state index >= 15 is 0 Å². The van der Waals surface area contributed by atoms with Crippen LogP contribution in [-0.4, -0.2) is 27.8 Å². The summed E-state index contributed by atoms with van der Waals surface area (Å²) in [6, 6.07) is 8.01. The van der Waals surface area contributed by atoms with Crippen LogP contribution in [0.15, 0.2) is 34.2 Å². The Bertz CT molecular complexity index is 937. The second-order valence-corrected chi connectivity index (χ2v) is 7.93. The summed E-state index contributed by atoms with van der Waals surface area (Å²) >= 11 is 1.61. The molecule has 0 unspecified atom stereocenters. The van der Waals surface area contributed by atoms with E-state index in [1.54, 1.807) is 16.3 Å². The molecule has 25 heavy (non-hydrogen) atoms. The van der Waals surface area contributed by atoms with Crippen LogP contribution in [0.4, 0.5) is 5.69 Å². The number of fused-ring (bicyclic) bond motifs is 3. The summed E-state index contributed by atoms with van der Waals surface area (Å²) in [7, 11) is 0. The number of para-hydroxylation sites is 1. The van der Waals surface area contributed by atoms with Gasteiger partial charge >= 0.3 is 0 Å². The van der Waals surface area contributed by atoms with Gasteiger partial charge in [-0.2, -0.15) is 0 Å². The van der Waals surface area contributed by atoms with Crippen molar-refractivity contribution in [3.63, 3.8) is 0 Å². The molecule has 1 aliphatic carbocycles. The van der Waals surface area contributed by atoms with Crippen LogP contribution < -0.4 is 10.5 Å². The lowest BCUT2D eigenvalue weighted by Gasteiger charge is -2.20. The van der Waals surface area contributed by atoms with Crippen LogP contribution >= 0.6 is 11.8 Å². The van der Waals surface area contributed by atoms with Gasteiger partial charge in [-0.15, -0.1) is 0 Å². The van der Waals surface area contributed by atoms with E-state index in [0.29, 0.717) is 6.42 Å². The van der Waals surface area contributed by atoms with E-state index < -0.39 is 0 Å². The molecule has 3 aliphatic rings. The smallest absolute Gasteiger partial charge is 0.257 e. The highest BCUT2D eigenvalue weighted by Crippen LogP contribution is 2.35. The molecular weight excluding hydrogens is 334 g/mol. The van der Waals surface area contributed by atoms with Crippen LogP contribution in [0, 0.1) is 0 Å². The molecule has 0 N–H and O–H groups in total. The third-order valence-electron chi connectivity index (χ3n) is 5.47. The van der Waals surface area contributed by atoms with Crippen LogP contribution in [0.1, 0.15) is 35.7 Å². The number of carbonyl (C=O) groups excluding carboxylic acids is 1. The molecule has 1 amide bonds. The van der Waals surface area contributed by atoms with Gasteiger partial charge in [-0.3, -0.25) is 14.2 Å². The molecule has 6 heteroatoms. The van der Waals surface area contributed by atoms with Crippen molar-refractivity contribution < 1.29 is 4.79 Å². The van der Waals surface area contributed by atoms with E-state index in [1.165, 1.54) is 5.56 Å². The normalized spacial score (nSPS) is 20.5. The number of anilines is 1. The van der Waals surface area contributed by atoms with E-state index in [9.17, 15) is 9.59 Å². The minimum absolute atomic E-state index is 0.0776. The molecule has 0 saturated heterocycles. The molecule has 1 atom stereocenters. The number of hydrogen-bond donors (Lipinski definition) is 0. The largest absolute Gasteiger partial charge is 0.312 e. The fourth-order valence-electron chi connectivity index (χ4n) is 4.21. The van der Waals surface area contributed by atoms with Crippen molar-refractivity contribution in [1.29, 1.82) is 0 Å². The average molecular weight is 353 g/mol. The first-order valence-corrected chi connectivity index (χ1v) is 9.86. The highest BCUT2D eigenvalue weighted by Gasteiger charge is 2.33. The number of carbonyl (C=O) groups is 1. The number of nitrogens with zero attached hydrogens (tertiary/aromatic N) is 3. The van der Waals surface area contributed by atoms with Gasteiger partial charge in [-0.05, 0) is 37.3 Å². The second-order valence-electron chi connectivity index (χ2n) is 6.94. The van der Waals surface area contributed by atoms with Crippen molar-refractivity contribution in [2.24, 2.45) is 0 Å². The number of hydrogen-bond acceptors (Lipinski definition) is 4. The first-order chi connectivity index (χ1) is 12.2. The predicted octanol–water partition coefficient (Wildman–Crippen LogP) is 2.36. The van der Waals surface area contributed by atoms with Gasteiger partial charge in [0.15, 0.2) is 5.16 Å². The predicted molar refractivity (Wildman–Crippen MR) is 97.4 cm³/mol. The molecule has 0 radical (unpaired) electrons. The number of amides is 1. The Balaban J connectivity index is 1.43. The first kappa shape index (κ1) is 15.2. The molecule has 5 rings (SSSR count). The van der Waals surface area contributed by atoms with Crippen LogP contribution in [0.2, 0.25) is 0 Å². The number of aryl methyl sites for hydroxylation is 1. The maximum Gasteiger partial charge on any atom is 0.257 e. The van der Waals surface area contributed by atoms with Crippen molar-refractivity contribution in [3.8, 4) is 0 Å². The quantitative estimate of drug-likeness (QED) is 0.778. The number of rotatable bonds is 2. The van der Waals surface area contributed by atoms with Gasteiger partial charge in [0, 0.05) is 30.0 Å². The van der Waals surface area contributed by atoms with Crippen LogP contribution in [-0.2, 0) is 24.1 Å². The van der Waals surface area contributed by atoms with Gasteiger partial charge in [0.25, 0.3) is 5.56 Å². The zero-order valence-corrected chi connectivity index (χ0v) is 14.7. The van der Waals surface area contributed by atoms with Crippen molar-refractivity contribution >= 4 is 23.4 Å². The molecule has 0 bridgehead atoms. The summed E-state index contributed by atoms with van der Waals surface area (Å²) in [6.45, 7) is 0.738. The summed E-state index contributed by atoms with van der Waals surface area (Å²) in [6.07, 6.45) is 4.03. The summed E-state index contributed by atoms with van der Waals surface area (Å²) in [5.41, 5.74) is 4.19. The fourth-order valence-corrected chi connectivity index (χ4v) is 5.37. The maximum absolute atomic E-state index is 12.9. The van der Waals surface area contributed by atoms with Gasteiger partial charge in [0.2, 0.25) is 5.91 Å². The lowest BCUT2D eigenvalue weighted by atomic mass is 10.1. The number of aromatic nitrogens is 2. The lowest BCUT2D eigenvalue weighted by molar-refractivity contribution is -0.119. The molecular formula is C19H19N3O2S. The molecule has 2 aliphatic heterocycles. The monoisotopic (exact) mass is 353 g/mol. The zero-order valence-electron chi connectivity index (χ0n) is 13.9. The summed E-state index contributed by atoms with van der Waals surface area (Å²) in [4.78, 5) is 32.3. The second kappa shape index (κ2) is 5.73. The molecule has 0 spiro atoms. The van der Waals surface area contributed by atoms with Gasteiger partial charge in [0.05, 0.1) is 11.7 Å². The van der Waals surface area contributed by atoms with Crippen molar-refractivity contribution in [2.75, 3.05) is 17.2 Å². The van der Waals surface area contributed by atoms with Crippen molar-refractivity contribution in [2.45, 2.75) is 43.3 Å². The molecule has 1 aromatic carbocycles. The molecule has 128 valence electrons. The van der Waals surface area contributed by atoms with Crippen LogP contribution in [0.5, 0.6) is 0 Å².